The second kappa shape index (κ2) is 7.54. The molecule has 0 aliphatic heterocycles. The van der Waals surface area contributed by atoms with Crippen molar-refractivity contribution in [2.45, 2.75) is 65.2 Å². The first-order chi connectivity index (χ1) is 13.0. The monoisotopic (exact) mass is 386 g/mol. The standard InChI is InChI=1S/C20H26N4O2S/c1-11-12(2)27-20-18(11)19(26)21-16(22-20)10-17(25)24-23-15-8-7-13-5-3-4-6-14(13)9-15/h13-14H,3-10H2,1-2H3,(H,24,25)(H,21,22,26)/b23-15+/t13-,14+/m0/s1. The minimum atomic E-state index is -0.235. The lowest BCUT2D eigenvalue weighted by Gasteiger charge is -2.35. The van der Waals surface area contributed by atoms with E-state index in [1.165, 1.54) is 43.4 Å². The van der Waals surface area contributed by atoms with Gasteiger partial charge >= 0.3 is 0 Å². The van der Waals surface area contributed by atoms with Gasteiger partial charge in [0.1, 0.15) is 10.7 Å². The average Bonchev–Trinajstić information content (AvgIpc) is 2.94. The zero-order valence-corrected chi connectivity index (χ0v) is 16.7. The SMILES string of the molecule is Cc1sc2nc(CC(=O)N/N=C3\CC[C@@H]4CCCC[C@@H]4C3)[nH]c(=O)c2c1C. The number of hydrogen-bond acceptors (Lipinski definition) is 5. The van der Waals surface area contributed by atoms with Crippen molar-refractivity contribution < 1.29 is 4.79 Å². The number of nitrogens with one attached hydrogen (secondary N) is 2. The molecule has 2 aromatic heterocycles. The van der Waals surface area contributed by atoms with Gasteiger partial charge in [-0.15, -0.1) is 11.3 Å². The maximum Gasteiger partial charge on any atom is 0.259 e. The Labute approximate surface area is 162 Å². The van der Waals surface area contributed by atoms with Crippen molar-refractivity contribution in [3.63, 3.8) is 0 Å². The molecular weight excluding hydrogens is 360 g/mol. The Morgan fingerprint density at radius 2 is 2.04 bits per heavy atom. The number of nitrogens with zero attached hydrogens (tertiary/aromatic N) is 2. The molecule has 1 amide bonds. The highest BCUT2D eigenvalue weighted by Gasteiger charge is 2.30. The fraction of sp³-hybridized carbons (Fsp3) is 0.600. The summed E-state index contributed by atoms with van der Waals surface area (Å²) in [6.45, 7) is 3.90. The Kier molecular flexibility index (Phi) is 5.12. The largest absolute Gasteiger partial charge is 0.309 e. The van der Waals surface area contributed by atoms with Gasteiger partial charge in [-0.2, -0.15) is 5.10 Å². The van der Waals surface area contributed by atoms with Crippen LogP contribution in [0.15, 0.2) is 9.90 Å². The molecule has 2 atom stereocenters. The van der Waals surface area contributed by atoms with Crippen LogP contribution in [0.3, 0.4) is 0 Å². The van der Waals surface area contributed by atoms with Gasteiger partial charge in [0.2, 0.25) is 5.91 Å². The Bertz CT molecular complexity index is 959. The molecule has 0 bridgehead atoms. The fourth-order valence-corrected chi connectivity index (χ4v) is 5.56. The van der Waals surface area contributed by atoms with Crippen LogP contribution in [0, 0.1) is 25.7 Å². The summed E-state index contributed by atoms with van der Waals surface area (Å²) in [6.07, 6.45) is 8.56. The molecule has 2 heterocycles. The number of fused-ring (bicyclic) bond motifs is 2. The first kappa shape index (κ1) is 18.3. The van der Waals surface area contributed by atoms with E-state index in [1.54, 1.807) is 0 Å². The predicted molar refractivity (Wildman–Crippen MR) is 108 cm³/mol. The van der Waals surface area contributed by atoms with E-state index in [9.17, 15) is 9.59 Å². The molecule has 144 valence electrons. The maximum absolute atomic E-state index is 12.3. The van der Waals surface area contributed by atoms with E-state index in [4.69, 9.17) is 0 Å². The van der Waals surface area contributed by atoms with E-state index in [-0.39, 0.29) is 17.9 Å². The van der Waals surface area contributed by atoms with E-state index in [0.29, 0.717) is 16.0 Å². The van der Waals surface area contributed by atoms with Crippen LogP contribution >= 0.6 is 11.3 Å². The van der Waals surface area contributed by atoms with Gasteiger partial charge in [0.15, 0.2) is 0 Å². The van der Waals surface area contributed by atoms with Crippen LogP contribution in [0.5, 0.6) is 0 Å². The number of carbonyl (C=O) groups is 1. The summed E-state index contributed by atoms with van der Waals surface area (Å²) >= 11 is 1.49. The number of aromatic nitrogens is 2. The summed E-state index contributed by atoms with van der Waals surface area (Å²) in [5, 5.41) is 5.00. The molecule has 0 spiro atoms. The van der Waals surface area contributed by atoms with Crippen molar-refractivity contribution in [1.29, 1.82) is 0 Å². The number of aryl methyl sites for hydroxylation is 2. The molecule has 0 unspecified atom stereocenters. The molecule has 4 rings (SSSR count). The average molecular weight is 387 g/mol. The number of amides is 1. The van der Waals surface area contributed by atoms with Crippen molar-refractivity contribution in [2.24, 2.45) is 16.9 Å². The molecule has 27 heavy (non-hydrogen) atoms. The number of hydrogen-bond donors (Lipinski definition) is 2. The summed E-state index contributed by atoms with van der Waals surface area (Å²) in [6, 6.07) is 0. The van der Waals surface area contributed by atoms with Crippen LogP contribution in [-0.2, 0) is 11.2 Å². The van der Waals surface area contributed by atoms with E-state index in [0.717, 1.165) is 40.8 Å². The summed E-state index contributed by atoms with van der Waals surface area (Å²) in [4.78, 5) is 33.6. The van der Waals surface area contributed by atoms with Gasteiger partial charge in [0, 0.05) is 10.6 Å². The second-order valence-corrected chi connectivity index (χ2v) is 9.12. The predicted octanol–water partition coefficient (Wildman–Crippen LogP) is 3.61. The van der Waals surface area contributed by atoms with Crippen molar-refractivity contribution >= 4 is 33.2 Å². The Morgan fingerprint density at radius 3 is 2.85 bits per heavy atom. The zero-order chi connectivity index (χ0) is 19.0. The highest BCUT2D eigenvalue weighted by Crippen LogP contribution is 2.39. The molecule has 2 saturated carbocycles. The van der Waals surface area contributed by atoms with Gasteiger partial charge < -0.3 is 4.98 Å². The molecule has 0 saturated heterocycles. The lowest BCUT2D eigenvalue weighted by molar-refractivity contribution is -0.120. The lowest BCUT2D eigenvalue weighted by Crippen LogP contribution is -2.30. The Morgan fingerprint density at radius 1 is 1.26 bits per heavy atom. The summed E-state index contributed by atoms with van der Waals surface area (Å²) in [5.41, 5.74) is 4.56. The third-order valence-electron chi connectivity index (χ3n) is 6.12. The smallest absolute Gasteiger partial charge is 0.259 e. The van der Waals surface area contributed by atoms with Crippen molar-refractivity contribution in [3.8, 4) is 0 Å². The van der Waals surface area contributed by atoms with Gasteiger partial charge in [-0.25, -0.2) is 10.4 Å². The van der Waals surface area contributed by atoms with Crippen LogP contribution in [0.25, 0.3) is 10.2 Å². The van der Waals surface area contributed by atoms with Gasteiger partial charge in [-0.1, -0.05) is 19.3 Å². The van der Waals surface area contributed by atoms with Crippen molar-refractivity contribution in [2.75, 3.05) is 0 Å². The van der Waals surface area contributed by atoms with Crippen LogP contribution < -0.4 is 11.0 Å². The minimum absolute atomic E-state index is 0.0318. The number of rotatable bonds is 3. The third-order valence-corrected chi connectivity index (χ3v) is 7.22. The number of hydrazone groups is 1. The summed E-state index contributed by atoms with van der Waals surface area (Å²) in [5.74, 6) is 1.75. The fourth-order valence-electron chi connectivity index (χ4n) is 4.51. The number of H-pyrrole nitrogens is 1. The first-order valence-corrected chi connectivity index (χ1v) is 10.7. The van der Waals surface area contributed by atoms with E-state index in [1.807, 2.05) is 13.8 Å². The maximum atomic E-state index is 12.3. The van der Waals surface area contributed by atoms with Crippen LogP contribution in [-0.4, -0.2) is 21.6 Å². The molecule has 2 aromatic rings. The van der Waals surface area contributed by atoms with E-state index >= 15 is 0 Å². The van der Waals surface area contributed by atoms with Crippen LogP contribution in [0.1, 0.15) is 61.2 Å². The third kappa shape index (κ3) is 3.83. The van der Waals surface area contributed by atoms with Crippen molar-refractivity contribution in [3.05, 3.63) is 26.6 Å². The Balaban J connectivity index is 1.41. The normalized spacial score (nSPS) is 24.1. The summed E-state index contributed by atoms with van der Waals surface area (Å²) in [7, 11) is 0. The van der Waals surface area contributed by atoms with Gasteiger partial charge in [0.05, 0.1) is 11.8 Å². The molecule has 2 aliphatic carbocycles. The first-order valence-electron chi connectivity index (χ1n) is 9.84. The van der Waals surface area contributed by atoms with Crippen LogP contribution in [0.4, 0.5) is 0 Å². The van der Waals surface area contributed by atoms with Gasteiger partial charge in [-0.05, 0) is 56.9 Å². The number of thiophene rings is 1. The molecule has 6 nitrogen and oxygen atoms in total. The van der Waals surface area contributed by atoms with Crippen LogP contribution in [0.2, 0.25) is 0 Å². The molecule has 2 aliphatic rings. The highest BCUT2D eigenvalue weighted by molar-refractivity contribution is 7.18. The molecule has 2 fully saturated rings. The quantitative estimate of drug-likeness (QED) is 0.790. The topological polar surface area (TPSA) is 87.2 Å². The van der Waals surface area contributed by atoms with Gasteiger partial charge in [-0.3, -0.25) is 9.59 Å². The number of aromatic amines is 1. The zero-order valence-electron chi connectivity index (χ0n) is 15.9. The van der Waals surface area contributed by atoms with Crippen molar-refractivity contribution in [1.82, 2.24) is 15.4 Å². The molecule has 2 N–H and O–H groups in total. The van der Waals surface area contributed by atoms with E-state index in [2.05, 4.69) is 20.5 Å². The number of carbonyl (C=O) groups excluding carboxylic acids is 1. The minimum Gasteiger partial charge on any atom is -0.309 e. The molecular formula is C20H26N4O2S. The second-order valence-electron chi connectivity index (χ2n) is 7.91. The van der Waals surface area contributed by atoms with Gasteiger partial charge in [0.25, 0.3) is 5.56 Å². The Hall–Kier alpha value is -2.02. The lowest BCUT2D eigenvalue weighted by atomic mass is 9.70. The summed E-state index contributed by atoms with van der Waals surface area (Å²) < 4.78 is 0. The molecule has 0 aromatic carbocycles. The molecule has 7 heteroatoms. The van der Waals surface area contributed by atoms with E-state index < -0.39 is 0 Å². The highest BCUT2D eigenvalue weighted by atomic mass is 32.1. The molecule has 0 radical (unpaired) electrons.